The summed E-state index contributed by atoms with van der Waals surface area (Å²) in [5.74, 6) is -0.955. The van der Waals surface area contributed by atoms with Crippen LogP contribution in [0.25, 0.3) is 0 Å². The quantitative estimate of drug-likeness (QED) is 0.876. The summed E-state index contributed by atoms with van der Waals surface area (Å²) in [5.41, 5.74) is 3.86. The van der Waals surface area contributed by atoms with E-state index in [9.17, 15) is 18.0 Å². The molecule has 1 atom stereocenters. The number of morpholine rings is 1. The fourth-order valence-corrected chi connectivity index (χ4v) is 1.93. The van der Waals surface area contributed by atoms with Crippen molar-refractivity contribution in [2.75, 3.05) is 26.3 Å². The van der Waals surface area contributed by atoms with Gasteiger partial charge in [0, 0.05) is 13.1 Å². The standard InChI is InChI=1S/C13H15F3N2O3/c14-13(15,16)8-1-2-11(10(5-8)12(17)19)21-7-9-6-18-3-4-20-9/h1-2,5,9,18H,3-4,6-7H2,(H2,17,19)/t9-/m0/s1. The second-order valence-electron chi connectivity index (χ2n) is 4.58. The topological polar surface area (TPSA) is 73.6 Å². The maximum atomic E-state index is 12.6. The molecule has 0 saturated carbocycles. The van der Waals surface area contributed by atoms with Crippen molar-refractivity contribution in [1.82, 2.24) is 5.32 Å². The highest BCUT2D eigenvalue weighted by Crippen LogP contribution is 2.32. The van der Waals surface area contributed by atoms with Gasteiger partial charge in [-0.15, -0.1) is 0 Å². The first kappa shape index (κ1) is 15.6. The molecule has 1 aliphatic heterocycles. The number of rotatable bonds is 4. The van der Waals surface area contributed by atoms with Gasteiger partial charge in [0.25, 0.3) is 5.91 Å². The van der Waals surface area contributed by atoms with E-state index in [2.05, 4.69) is 5.32 Å². The minimum Gasteiger partial charge on any atom is -0.490 e. The zero-order chi connectivity index (χ0) is 15.5. The highest BCUT2D eigenvalue weighted by atomic mass is 19.4. The summed E-state index contributed by atoms with van der Waals surface area (Å²) in [7, 11) is 0. The number of nitrogens with two attached hydrogens (primary N) is 1. The lowest BCUT2D eigenvalue weighted by Gasteiger charge is -2.24. The van der Waals surface area contributed by atoms with E-state index in [4.69, 9.17) is 15.2 Å². The van der Waals surface area contributed by atoms with Crippen LogP contribution < -0.4 is 15.8 Å². The van der Waals surface area contributed by atoms with Crippen LogP contribution in [0.2, 0.25) is 0 Å². The van der Waals surface area contributed by atoms with E-state index < -0.39 is 17.6 Å². The number of amides is 1. The molecule has 1 saturated heterocycles. The molecule has 0 bridgehead atoms. The SMILES string of the molecule is NC(=O)c1cc(C(F)(F)F)ccc1OC[C@@H]1CNCCO1. The van der Waals surface area contributed by atoms with Gasteiger partial charge in [0.05, 0.1) is 17.7 Å². The molecule has 116 valence electrons. The molecule has 5 nitrogen and oxygen atoms in total. The lowest BCUT2D eigenvalue weighted by atomic mass is 10.1. The molecular weight excluding hydrogens is 289 g/mol. The molecular formula is C13H15F3N2O3. The number of alkyl halides is 3. The Bertz CT molecular complexity index is 514. The van der Waals surface area contributed by atoms with Crippen molar-refractivity contribution in [3.8, 4) is 5.75 Å². The van der Waals surface area contributed by atoms with Crippen molar-refractivity contribution in [2.24, 2.45) is 5.73 Å². The predicted octanol–water partition coefficient (Wildman–Crippen LogP) is 1.17. The number of hydrogen-bond donors (Lipinski definition) is 2. The van der Waals surface area contributed by atoms with E-state index >= 15 is 0 Å². The van der Waals surface area contributed by atoms with Crippen LogP contribution in [0.5, 0.6) is 5.75 Å². The Labute approximate surface area is 119 Å². The van der Waals surface area contributed by atoms with E-state index in [0.29, 0.717) is 19.2 Å². The minimum absolute atomic E-state index is 0.0182. The van der Waals surface area contributed by atoms with Crippen LogP contribution in [0.4, 0.5) is 13.2 Å². The van der Waals surface area contributed by atoms with Crippen molar-refractivity contribution in [3.05, 3.63) is 29.3 Å². The van der Waals surface area contributed by atoms with Crippen molar-refractivity contribution in [1.29, 1.82) is 0 Å². The molecule has 21 heavy (non-hydrogen) atoms. The van der Waals surface area contributed by atoms with Crippen molar-refractivity contribution in [2.45, 2.75) is 12.3 Å². The number of primary amides is 1. The second kappa shape index (κ2) is 6.31. The van der Waals surface area contributed by atoms with E-state index in [1.807, 2.05) is 0 Å². The lowest BCUT2D eigenvalue weighted by Crippen LogP contribution is -2.41. The molecule has 2 rings (SSSR count). The van der Waals surface area contributed by atoms with Crippen LogP contribution >= 0.6 is 0 Å². The molecule has 1 aromatic carbocycles. The van der Waals surface area contributed by atoms with E-state index in [1.54, 1.807) is 0 Å². The van der Waals surface area contributed by atoms with Gasteiger partial charge in [-0.25, -0.2) is 0 Å². The monoisotopic (exact) mass is 304 g/mol. The zero-order valence-electron chi connectivity index (χ0n) is 11.1. The molecule has 0 unspecified atom stereocenters. The summed E-state index contributed by atoms with van der Waals surface area (Å²) in [5, 5.41) is 3.09. The molecule has 1 aromatic rings. The largest absolute Gasteiger partial charge is 0.490 e. The highest BCUT2D eigenvalue weighted by Gasteiger charge is 2.32. The Morgan fingerprint density at radius 3 is 2.81 bits per heavy atom. The molecule has 0 radical (unpaired) electrons. The Balaban J connectivity index is 2.12. The van der Waals surface area contributed by atoms with Crippen LogP contribution in [-0.4, -0.2) is 38.3 Å². The minimum atomic E-state index is -4.54. The first-order valence-corrected chi connectivity index (χ1v) is 6.34. The number of carbonyl (C=O) groups excluding carboxylic acids is 1. The summed E-state index contributed by atoms with van der Waals surface area (Å²) in [6, 6.07) is 2.64. The average Bonchev–Trinajstić information content (AvgIpc) is 2.45. The fourth-order valence-electron chi connectivity index (χ4n) is 1.93. The first-order chi connectivity index (χ1) is 9.88. The molecule has 1 amide bonds. The Hall–Kier alpha value is -1.80. The Morgan fingerprint density at radius 1 is 1.48 bits per heavy atom. The number of carbonyl (C=O) groups is 1. The van der Waals surface area contributed by atoms with Gasteiger partial charge >= 0.3 is 6.18 Å². The molecule has 0 aliphatic carbocycles. The molecule has 1 aliphatic rings. The average molecular weight is 304 g/mol. The van der Waals surface area contributed by atoms with Crippen LogP contribution in [0.3, 0.4) is 0 Å². The summed E-state index contributed by atoms with van der Waals surface area (Å²) >= 11 is 0. The number of nitrogens with one attached hydrogen (secondary N) is 1. The van der Waals surface area contributed by atoms with E-state index in [-0.39, 0.29) is 24.0 Å². The van der Waals surface area contributed by atoms with Gasteiger partial charge in [-0.1, -0.05) is 0 Å². The van der Waals surface area contributed by atoms with Crippen LogP contribution in [-0.2, 0) is 10.9 Å². The molecule has 0 spiro atoms. The summed E-state index contributed by atoms with van der Waals surface area (Å²) in [4.78, 5) is 11.3. The van der Waals surface area contributed by atoms with Gasteiger partial charge in [0.15, 0.2) is 0 Å². The number of ether oxygens (including phenoxy) is 2. The van der Waals surface area contributed by atoms with Crippen molar-refractivity contribution < 1.29 is 27.4 Å². The van der Waals surface area contributed by atoms with Gasteiger partial charge < -0.3 is 20.5 Å². The van der Waals surface area contributed by atoms with Crippen molar-refractivity contribution >= 4 is 5.91 Å². The maximum absolute atomic E-state index is 12.6. The lowest BCUT2D eigenvalue weighted by molar-refractivity contribution is -0.137. The molecule has 0 aromatic heterocycles. The van der Waals surface area contributed by atoms with Crippen LogP contribution in [0.15, 0.2) is 18.2 Å². The van der Waals surface area contributed by atoms with Gasteiger partial charge in [-0.3, -0.25) is 4.79 Å². The molecule has 8 heteroatoms. The third-order valence-electron chi connectivity index (χ3n) is 3.00. The third kappa shape index (κ3) is 4.08. The Kier molecular flexibility index (Phi) is 4.69. The van der Waals surface area contributed by atoms with Crippen LogP contribution in [0, 0.1) is 0 Å². The van der Waals surface area contributed by atoms with E-state index in [1.165, 1.54) is 0 Å². The normalized spacial score (nSPS) is 19.3. The molecule has 1 fully saturated rings. The third-order valence-corrected chi connectivity index (χ3v) is 3.00. The van der Waals surface area contributed by atoms with Gasteiger partial charge in [-0.2, -0.15) is 13.2 Å². The van der Waals surface area contributed by atoms with E-state index in [0.717, 1.165) is 18.7 Å². The number of benzene rings is 1. The second-order valence-corrected chi connectivity index (χ2v) is 4.58. The summed E-state index contributed by atoms with van der Waals surface area (Å²) in [6.07, 6.45) is -4.76. The summed E-state index contributed by atoms with van der Waals surface area (Å²) in [6.45, 7) is 1.97. The number of halogens is 3. The zero-order valence-corrected chi connectivity index (χ0v) is 11.1. The first-order valence-electron chi connectivity index (χ1n) is 6.34. The fraction of sp³-hybridized carbons (Fsp3) is 0.462. The molecule has 1 heterocycles. The Morgan fingerprint density at radius 2 is 2.24 bits per heavy atom. The van der Waals surface area contributed by atoms with Gasteiger partial charge in [0.1, 0.15) is 18.5 Å². The molecule has 3 N–H and O–H groups in total. The number of hydrogen-bond acceptors (Lipinski definition) is 4. The van der Waals surface area contributed by atoms with Gasteiger partial charge in [-0.05, 0) is 18.2 Å². The van der Waals surface area contributed by atoms with Gasteiger partial charge in [0.2, 0.25) is 0 Å². The summed E-state index contributed by atoms with van der Waals surface area (Å²) < 4.78 is 48.6. The maximum Gasteiger partial charge on any atom is 0.416 e. The van der Waals surface area contributed by atoms with Crippen molar-refractivity contribution in [3.63, 3.8) is 0 Å². The predicted molar refractivity (Wildman–Crippen MR) is 68.1 cm³/mol. The highest BCUT2D eigenvalue weighted by molar-refractivity contribution is 5.95. The van der Waals surface area contributed by atoms with Crippen LogP contribution in [0.1, 0.15) is 15.9 Å². The smallest absolute Gasteiger partial charge is 0.416 e.